The van der Waals surface area contributed by atoms with Gasteiger partial charge in [0.1, 0.15) is 11.2 Å². The zero-order valence-electron chi connectivity index (χ0n) is 18.6. The van der Waals surface area contributed by atoms with Crippen LogP contribution in [0.25, 0.3) is 16.6 Å². The summed E-state index contributed by atoms with van der Waals surface area (Å²) in [5.74, 6) is -0.215. The van der Waals surface area contributed by atoms with Gasteiger partial charge in [-0.05, 0) is 44.4 Å². The van der Waals surface area contributed by atoms with E-state index in [0.29, 0.717) is 11.1 Å². The molecule has 0 saturated heterocycles. The number of aryl methyl sites for hydroxylation is 5. The first kappa shape index (κ1) is 23.3. The first-order chi connectivity index (χ1) is 13.3. The molecule has 0 radical (unpaired) electrons. The third kappa shape index (κ3) is 5.41. The fourth-order valence-corrected chi connectivity index (χ4v) is 2.84. The van der Waals surface area contributed by atoms with Crippen LogP contribution in [0.15, 0.2) is 36.8 Å². The van der Waals surface area contributed by atoms with Gasteiger partial charge in [0.2, 0.25) is 0 Å². The van der Waals surface area contributed by atoms with E-state index in [4.69, 9.17) is 0 Å². The molecule has 0 aliphatic carbocycles. The topological polar surface area (TPSA) is 35.1 Å². The highest BCUT2D eigenvalue weighted by molar-refractivity contribution is 5.79. The second-order valence-corrected chi connectivity index (χ2v) is 6.25. The number of pyridine rings is 1. The SMILES string of the molecule is CC.CC.Cc1cc(C)c2nc(C)cn2c1.Cc1ccc2cn(C)nc2c1F. The molecule has 1 aromatic carbocycles. The van der Waals surface area contributed by atoms with Crippen molar-refractivity contribution in [3.05, 3.63) is 65.0 Å². The molecule has 0 fully saturated rings. The lowest BCUT2D eigenvalue weighted by molar-refractivity contribution is 0.623. The van der Waals surface area contributed by atoms with Gasteiger partial charge in [-0.3, -0.25) is 4.68 Å². The van der Waals surface area contributed by atoms with E-state index in [1.165, 1.54) is 11.1 Å². The zero-order chi connectivity index (χ0) is 21.4. The molecule has 28 heavy (non-hydrogen) atoms. The Hall–Kier alpha value is -2.69. The molecule has 3 heterocycles. The van der Waals surface area contributed by atoms with Gasteiger partial charge in [-0.1, -0.05) is 45.9 Å². The van der Waals surface area contributed by atoms with Crippen LogP contribution in [0.1, 0.15) is 50.1 Å². The molecule has 152 valence electrons. The molecule has 4 rings (SSSR count). The zero-order valence-corrected chi connectivity index (χ0v) is 18.6. The molecule has 0 aliphatic heterocycles. The largest absolute Gasteiger partial charge is 0.306 e. The Morgan fingerprint density at radius 3 is 2.14 bits per heavy atom. The van der Waals surface area contributed by atoms with Crippen LogP contribution in [0.4, 0.5) is 4.39 Å². The lowest BCUT2D eigenvalue weighted by Crippen LogP contribution is -1.88. The van der Waals surface area contributed by atoms with Crippen LogP contribution in [-0.2, 0) is 7.05 Å². The second kappa shape index (κ2) is 10.6. The number of benzene rings is 1. The maximum absolute atomic E-state index is 13.3. The van der Waals surface area contributed by atoms with Crippen LogP contribution in [0.2, 0.25) is 0 Å². The molecule has 0 atom stereocenters. The molecule has 0 spiro atoms. The summed E-state index contributed by atoms with van der Waals surface area (Å²) >= 11 is 0. The van der Waals surface area contributed by atoms with E-state index in [2.05, 4.69) is 46.8 Å². The summed E-state index contributed by atoms with van der Waals surface area (Å²) in [5, 5.41) is 4.86. The highest BCUT2D eigenvalue weighted by Crippen LogP contribution is 2.18. The van der Waals surface area contributed by atoms with E-state index in [9.17, 15) is 4.39 Å². The Kier molecular flexibility index (Phi) is 8.83. The summed E-state index contributed by atoms with van der Waals surface area (Å²) in [6.45, 7) is 15.9. The van der Waals surface area contributed by atoms with Crippen molar-refractivity contribution in [2.45, 2.75) is 55.4 Å². The molecule has 0 bridgehead atoms. The summed E-state index contributed by atoms with van der Waals surface area (Å²) in [6.07, 6.45) is 5.95. The average Bonchev–Trinajstić information content (AvgIpc) is 3.24. The third-order valence-corrected chi connectivity index (χ3v) is 3.92. The van der Waals surface area contributed by atoms with E-state index < -0.39 is 0 Å². The lowest BCUT2D eigenvalue weighted by atomic mass is 10.2. The van der Waals surface area contributed by atoms with Gasteiger partial charge in [-0.15, -0.1) is 0 Å². The van der Waals surface area contributed by atoms with Crippen molar-refractivity contribution >= 4 is 16.6 Å². The maximum Gasteiger partial charge on any atom is 0.154 e. The van der Waals surface area contributed by atoms with Gasteiger partial charge in [0, 0.05) is 31.0 Å². The van der Waals surface area contributed by atoms with E-state index in [-0.39, 0.29) is 5.82 Å². The van der Waals surface area contributed by atoms with Crippen LogP contribution in [0.3, 0.4) is 0 Å². The molecule has 5 heteroatoms. The van der Waals surface area contributed by atoms with Crippen LogP contribution in [-0.4, -0.2) is 19.2 Å². The fourth-order valence-electron chi connectivity index (χ4n) is 2.84. The molecule has 4 nitrogen and oxygen atoms in total. The van der Waals surface area contributed by atoms with E-state index >= 15 is 0 Å². The van der Waals surface area contributed by atoms with Crippen LogP contribution < -0.4 is 0 Å². The van der Waals surface area contributed by atoms with Crippen LogP contribution in [0.5, 0.6) is 0 Å². The molecule has 0 unspecified atom stereocenters. The van der Waals surface area contributed by atoms with Crippen molar-refractivity contribution in [2.75, 3.05) is 0 Å². The Morgan fingerprint density at radius 1 is 0.857 bits per heavy atom. The van der Waals surface area contributed by atoms with Gasteiger partial charge in [0.15, 0.2) is 5.82 Å². The minimum absolute atomic E-state index is 0.215. The Labute approximate surface area is 168 Å². The minimum atomic E-state index is -0.215. The van der Waals surface area contributed by atoms with Gasteiger partial charge in [-0.2, -0.15) is 5.10 Å². The van der Waals surface area contributed by atoms with Gasteiger partial charge < -0.3 is 4.40 Å². The highest BCUT2D eigenvalue weighted by Gasteiger charge is 2.06. The summed E-state index contributed by atoms with van der Waals surface area (Å²) in [7, 11) is 1.79. The maximum atomic E-state index is 13.3. The summed E-state index contributed by atoms with van der Waals surface area (Å²) in [6, 6.07) is 5.79. The molecule has 0 N–H and O–H groups in total. The fraction of sp³-hybridized carbons (Fsp3) is 0.391. The molecule has 4 aromatic rings. The molecular formula is C23H33FN4. The quantitative estimate of drug-likeness (QED) is 0.355. The van der Waals surface area contributed by atoms with Crippen molar-refractivity contribution in [1.29, 1.82) is 0 Å². The third-order valence-electron chi connectivity index (χ3n) is 3.92. The van der Waals surface area contributed by atoms with Crippen LogP contribution in [0, 0.1) is 33.5 Å². The monoisotopic (exact) mass is 384 g/mol. The number of fused-ring (bicyclic) bond motifs is 2. The van der Waals surface area contributed by atoms with Gasteiger partial charge in [-0.25, -0.2) is 9.37 Å². The van der Waals surface area contributed by atoms with E-state index in [1.54, 1.807) is 30.9 Å². The van der Waals surface area contributed by atoms with Crippen molar-refractivity contribution in [3.63, 3.8) is 0 Å². The molecule has 3 aromatic heterocycles. The predicted octanol–water partition coefficient (Wildman–Crippen LogP) is 6.33. The highest BCUT2D eigenvalue weighted by atomic mass is 19.1. The van der Waals surface area contributed by atoms with Crippen molar-refractivity contribution in [2.24, 2.45) is 7.05 Å². The standard InChI is InChI=1S/C10H12N2.C9H9FN2.2C2H6/c1-7-4-8(2)10-11-9(3)6-12(10)5-7;1-6-3-4-7-5-12(2)11-9(7)8(6)10;2*1-2/h4-6H,1-3H3;3-5H,1-2H3;2*1-2H3. The van der Waals surface area contributed by atoms with E-state index in [1.807, 2.05) is 40.7 Å². The summed E-state index contributed by atoms with van der Waals surface area (Å²) in [5.41, 5.74) is 5.75. The summed E-state index contributed by atoms with van der Waals surface area (Å²) < 4.78 is 17.0. The molecule has 0 amide bonds. The average molecular weight is 385 g/mol. The molecular weight excluding hydrogens is 351 g/mol. The number of halogens is 1. The van der Waals surface area contributed by atoms with Gasteiger partial charge >= 0.3 is 0 Å². The number of rotatable bonds is 0. The van der Waals surface area contributed by atoms with Gasteiger partial charge in [0.25, 0.3) is 0 Å². The lowest BCUT2D eigenvalue weighted by Gasteiger charge is -1.98. The predicted molar refractivity (Wildman–Crippen MR) is 118 cm³/mol. The number of aromatic nitrogens is 4. The normalized spacial score (nSPS) is 9.79. The van der Waals surface area contributed by atoms with Crippen molar-refractivity contribution < 1.29 is 4.39 Å². The Balaban J connectivity index is 0.000000238. The number of imidazole rings is 1. The second-order valence-electron chi connectivity index (χ2n) is 6.25. The Bertz CT molecular complexity index is 1030. The number of nitrogens with zero attached hydrogens (tertiary/aromatic N) is 4. The van der Waals surface area contributed by atoms with E-state index in [0.717, 1.165) is 16.7 Å². The van der Waals surface area contributed by atoms with Crippen molar-refractivity contribution in [1.82, 2.24) is 19.2 Å². The first-order valence-electron chi connectivity index (χ1n) is 9.86. The number of hydrogen-bond acceptors (Lipinski definition) is 2. The van der Waals surface area contributed by atoms with Crippen molar-refractivity contribution in [3.8, 4) is 0 Å². The Morgan fingerprint density at radius 2 is 1.50 bits per heavy atom. The first-order valence-corrected chi connectivity index (χ1v) is 9.86. The smallest absolute Gasteiger partial charge is 0.154 e. The minimum Gasteiger partial charge on any atom is -0.306 e. The molecule has 0 saturated carbocycles. The number of hydrogen-bond donors (Lipinski definition) is 0. The summed E-state index contributed by atoms with van der Waals surface area (Å²) in [4.78, 5) is 4.42. The van der Waals surface area contributed by atoms with Gasteiger partial charge in [0.05, 0.1) is 5.69 Å². The van der Waals surface area contributed by atoms with Crippen LogP contribution >= 0.6 is 0 Å². The molecule has 0 aliphatic rings.